The van der Waals surface area contributed by atoms with Gasteiger partial charge in [-0.25, -0.2) is 4.98 Å². The monoisotopic (exact) mass is 350 g/mol. The van der Waals surface area contributed by atoms with Crippen LogP contribution in [-0.4, -0.2) is 26.0 Å². The van der Waals surface area contributed by atoms with Crippen LogP contribution in [0.25, 0.3) is 11.3 Å². The molecule has 0 radical (unpaired) electrons. The Kier molecular flexibility index (Phi) is 4.86. The molecular weight excluding hydrogens is 328 g/mol. The molecule has 0 aliphatic carbocycles. The molecule has 26 heavy (non-hydrogen) atoms. The van der Waals surface area contributed by atoms with Crippen molar-refractivity contribution in [2.45, 2.75) is 26.4 Å². The molecule has 2 heterocycles. The largest absolute Gasteiger partial charge is 0.378 e. The summed E-state index contributed by atoms with van der Waals surface area (Å²) >= 11 is 0. The maximum Gasteiger partial charge on any atom is 0.221 e. The van der Waals surface area contributed by atoms with Gasteiger partial charge in [0.05, 0.1) is 17.7 Å². The fraction of sp³-hybridized carbons (Fsp3) is 0.250. The van der Waals surface area contributed by atoms with Gasteiger partial charge in [0.2, 0.25) is 5.91 Å². The third kappa shape index (κ3) is 3.36. The maximum atomic E-state index is 11.3. The second kappa shape index (κ2) is 7.09. The summed E-state index contributed by atoms with van der Waals surface area (Å²) in [6, 6.07) is 11.2. The van der Waals surface area contributed by atoms with E-state index < -0.39 is 5.60 Å². The van der Waals surface area contributed by atoms with Gasteiger partial charge in [-0.2, -0.15) is 0 Å². The smallest absolute Gasteiger partial charge is 0.221 e. The Morgan fingerprint density at radius 3 is 2.50 bits per heavy atom. The fourth-order valence-corrected chi connectivity index (χ4v) is 3.01. The molecule has 1 aromatic carbocycles. The lowest BCUT2D eigenvalue weighted by molar-refractivity contribution is -0.114. The van der Waals surface area contributed by atoms with Gasteiger partial charge in [-0.05, 0) is 23.6 Å². The van der Waals surface area contributed by atoms with Gasteiger partial charge in [0.15, 0.2) is 0 Å². The third-order valence-electron chi connectivity index (χ3n) is 4.43. The molecule has 0 aliphatic heterocycles. The molecule has 0 fully saturated rings. The van der Waals surface area contributed by atoms with E-state index in [0.29, 0.717) is 11.4 Å². The number of carbonyl (C=O) groups excluding carboxylic acids is 1. The van der Waals surface area contributed by atoms with Crippen LogP contribution in [0, 0.1) is 5.92 Å². The fourth-order valence-electron chi connectivity index (χ4n) is 3.01. The molecule has 134 valence electrons. The van der Waals surface area contributed by atoms with Gasteiger partial charge in [-0.15, -0.1) is 0 Å². The summed E-state index contributed by atoms with van der Waals surface area (Å²) in [5.41, 5.74) is 2.52. The van der Waals surface area contributed by atoms with Crippen molar-refractivity contribution >= 4 is 11.6 Å². The summed E-state index contributed by atoms with van der Waals surface area (Å²) in [7, 11) is 0. The molecule has 6 nitrogen and oxygen atoms in total. The highest BCUT2D eigenvalue weighted by Crippen LogP contribution is 2.36. The van der Waals surface area contributed by atoms with Crippen LogP contribution < -0.4 is 5.32 Å². The molecule has 3 rings (SSSR count). The molecule has 1 unspecified atom stereocenters. The van der Waals surface area contributed by atoms with Gasteiger partial charge in [-0.1, -0.05) is 38.1 Å². The van der Waals surface area contributed by atoms with Gasteiger partial charge < -0.3 is 15.4 Å². The van der Waals surface area contributed by atoms with Crippen LogP contribution in [0.15, 0.2) is 55.1 Å². The Hall–Kier alpha value is -2.99. The first-order chi connectivity index (χ1) is 12.4. The number of anilines is 1. The molecule has 0 spiro atoms. The molecule has 0 bridgehead atoms. The standard InChI is InChI=1S/C20H22N4O2/c1-13(2)20(26,19-11-21-12-23-19)16-6-4-15(5-7-16)18-10-17(8-9-22-18)24-14(3)25/h4-13,26H,1-3H3,(H,21,23)(H,22,24,25). The first-order valence-electron chi connectivity index (χ1n) is 8.47. The highest BCUT2D eigenvalue weighted by Gasteiger charge is 2.37. The van der Waals surface area contributed by atoms with E-state index in [1.165, 1.54) is 6.92 Å². The first kappa shape index (κ1) is 17.8. The Morgan fingerprint density at radius 2 is 1.92 bits per heavy atom. The number of H-pyrrole nitrogens is 1. The number of amides is 1. The number of nitrogens with one attached hydrogen (secondary N) is 2. The van der Waals surface area contributed by atoms with Crippen molar-refractivity contribution in [3.63, 3.8) is 0 Å². The Labute approximate surface area is 152 Å². The number of aliphatic hydroxyl groups is 1. The van der Waals surface area contributed by atoms with E-state index in [1.54, 1.807) is 24.8 Å². The summed E-state index contributed by atoms with van der Waals surface area (Å²) in [6.07, 6.45) is 4.93. The van der Waals surface area contributed by atoms with Crippen molar-refractivity contribution in [1.29, 1.82) is 0 Å². The average Bonchev–Trinajstić information content (AvgIpc) is 3.16. The number of hydrogen-bond donors (Lipinski definition) is 3. The van der Waals surface area contributed by atoms with Gasteiger partial charge in [0.25, 0.3) is 0 Å². The number of pyridine rings is 1. The first-order valence-corrected chi connectivity index (χ1v) is 8.47. The minimum Gasteiger partial charge on any atom is -0.378 e. The topological polar surface area (TPSA) is 90.9 Å². The molecule has 2 aromatic heterocycles. The maximum absolute atomic E-state index is 11.3. The third-order valence-corrected chi connectivity index (χ3v) is 4.43. The van der Waals surface area contributed by atoms with Gasteiger partial charge >= 0.3 is 0 Å². The molecule has 6 heteroatoms. The molecule has 0 saturated heterocycles. The molecule has 3 aromatic rings. The van der Waals surface area contributed by atoms with E-state index in [4.69, 9.17) is 0 Å². The number of imidazole rings is 1. The van der Waals surface area contributed by atoms with Crippen LogP contribution in [-0.2, 0) is 10.4 Å². The van der Waals surface area contributed by atoms with E-state index in [0.717, 1.165) is 16.8 Å². The zero-order chi connectivity index (χ0) is 18.7. The minimum atomic E-state index is -1.18. The predicted molar refractivity (Wildman–Crippen MR) is 100 cm³/mol. The molecule has 3 N–H and O–H groups in total. The van der Waals surface area contributed by atoms with Gasteiger partial charge in [0.1, 0.15) is 5.60 Å². The number of benzene rings is 1. The van der Waals surface area contributed by atoms with Crippen LogP contribution in [0.3, 0.4) is 0 Å². The van der Waals surface area contributed by atoms with Crippen molar-refractivity contribution in [3.05, 3.63) is 66.4 Å². The Balaban J connectivity index is 1.94. The molecule has 1 atom stereocenters. The summed E-state index contributed by atoms with van der Waals surface area (Å²) in [5.74, 6) is -0.184. The van der Waals surface area contributed by atoms with Crippen LogP contribution in [0.2, 0.25) is 0 Å². The van der Waals surface area contributed by atoms with E-state index >= 15 is 0 Å². The van der Waals surface area contributed by atoms with Crippen LogP contribution in [0.4, 0.5) is 5.69 Å². The van der Waals surface area contributed by atoms with Crippen LogP contribution in [0.5, 0.6) is 0 Å². The average molecular weight is 350 g/mol. The molecule has 0 saturated carbocycles. The van der Waals surface area contributed by atoms with E-state index in [1.807, 2.05) is 44.2 Å². The summed E-state index contributed by atoms with van der Waals surface area (Å²) in [4.78, 5) is 22.7. The lowest BCUT2D eigenvalue weighted by atomic mass is 9.80. The second-order valence-electron chi connectivity index (χ2n) is 6.56. The summed E-state index contributed by atoms with van der Waals surface area (Å²) in [5, 5.41) is 14.0. The van der Waals surface area contributed by atoms with Crippen molar-refractivity contribution in [3.8, 4) is 11.3 Å². The number of aromatic amines is 1. The Morgan fingerprint density at radius 1 is 1.19 bits per heavy atom. The van der Waals surface area contributed by atoms with Crippen molar-refractivity contribution in [2.75, 3.05) is 5.32 Å². The van der Waals surface area contributed by atoms with Crippen LogP contribution >= 0.6 is 0 Å². The number of nitrogens with zero attached hydrogens (tertiary/aromatic N) is 2. The molecule has 0 aliphatic rings. The highest BCUT2D eigenvalue weighted by molar-refractivity contribution is 5.89. The highest BCUT2D eigenvalue weighted by atomic mass is 16.3. The number of hydrogen-bond acceptors (Lipinski definition) is 4. The molecular formula is C20H22N4O2. The predicted octanol–water partition coefficient (Wildman–Crippen LogP) is 3.32. The lowest BCUT2D eigenvalue weighted by Gasteiger charge is -2.31. The van der Waals surface area contributed by atoms with Crippen molar-refractivity contribution in [1.82, 2.24) is 15.0 Å². The summed E-state index contributed by atoms with van der Waals surface area (Å²) in [6.45, 7) is 5.39. The van der Waals surface area contributed by atoms with Gasteiger partial charge in [0, 0.05) is 30.6 Å². The number of rotatable bonds is 5. The van der Waals surface area contributed by atoms with E-state index in [9.17, 15) is 9.90 Å². The second-order valence-corrected chi connectivity index (χ2v) is 6.56. The Bertz CT molecular complexity index is 888. The van der Waals surface area contributed by atoms with E-state index in [-0.39, 0.29) is 11.8 Å². The SMILES string of the molecule is CC(=O)Nc1ccnc(-c2ccc(C(O)(c3c[nH]cn3)C(C)C)cc2)c1. The molecule has 1 amide bonds. The quantitative estimate of drug-likeness (QED) is 0.658. The van der Waals surface area contributed by atoms with Crippen LogP contribution in [0.1, 0.15) is 32.0 Å². The lowest BCUT2D eigenvalue weighted by Crippen LogP contribution is -2.33. The zero-order valence-electron chi connectivity index (χ0n) is 15.0. The van der Waals surface area contributed by atoms with E-state index in [2.05, 4.69) is 20.3 Å². The van der Waals surface area contributed by atoms with Crippen molar-refractivity contribution in [2.24, 2.45) is 5.92 Å². The van der Waals surface area contributed by atoms with Gasteiger partial charge in [-0.3, -0.25) is 9.78 Å². The number of carbonyl (C=O) groups is 1. The number of aromatic nitrogens is 3. The summed E-state index contributed by atoms with van der Waals surface area (Å²) < 4.78 is 0. The van der Waals surface area contributed by atoms with Crippen molar-refractivity contribution < 1.29 is 9.90 Å². The zero-order valence-corrected chi connectivity index (χ0v) is 15.0. The normalized spacial score (nSPS) is 13.4. The minimum absolute atomic E-state index is 0.0575.